The molecule has 2 heterocycles. The average Bonchev–Trinajstić information content (AvgIpc) is 3.26. The van der Waals surface area contributed by atoms with Crippen molar-refractivity contribution in [2.45, 2.75) is 18.9 Å². The van der Waals surface area contributed by atoms with Crippen molar-refractivity contribution < 1.29 is 18.7 Å². The van der Waals surface area contributed by atoms with E-state index < -0.39 is 0 Å². The van der Waals surface area contributed by atoms with E-state index in [1.54, 1.807) is 48.5 Å². The highest BCUT2D eigenvalue weighted by Crippen LogP contribution is 2.31. The molecule has 1 amide bonds. The van der Waals surface area contributed by atoms with Crippen molar-refractivity contribution in [1.82, 2.24) is 5.32 Å². The summed E-state index contributed by atoms with van der Waals surface area (Å²) in [6, 6.07) is 13.8. The van der Waals surface area contributed by atoms with Gasteiger partial charge in [0.15, 0.2) is 12.4 Å². The van der Waals surface area contributed by atoms with Crippen LogP contribution in [0, 0.1) is 0 Å². The van der Waals surface area contributed by atoms with Crippen molar-refractivity contribution in [3.05, 3.63) is 63.8 Å². The standard InChI is InChI=1S/C22H20ClNO5/c23-15-9-7-14(8-10-15)21-22(20(26)17-5-1-2-6-18(17)29-21)28-13-19(25)24-12-16-4-3-11-27-16/h1-2,5-10,16H,3-4,11-13H2,(H,24,25). The third kappa shape index (κ3) is 4.44. The van der Waals surface area contributed by atoms with Crippen LogP contribution in [0.5, 0.6) is 5.75 Å². The van der Waals surface area contributed by atoms with Crippen molar-refractivity contribution in [3.8, 4) is 17.1 Å². The Hall–Kier alpha value is -2.83. The van der Waals surface area contributed by atoms with Crippen LogP contribution in [0.4, 0.5) is 0 Å². The quantitative estimate of drug-likeness (QED) is 0.665. The Morgan fingerprint density at radius 2 is 1.97 bits per heavy atom. The highest BCUT2D eigenvalue weighted by Gasteiger charge is 2.20. The van der Waals surface area contributed by atoms with Gasteiger partial charge in [-0.05, 0) is 49.2 Å². The Kier molecular flexibility index (Phi) is 5.83. The molecule has 150 valence electrons. The maximum Gasteiger partial charge on any atom is 0.258 e. The van der Waals surface area contributed by atoms with E-state index in [0.717, 1.165) is 19.4 Å². The lowest BCUT2D eigenvalue weighted by atomic mass is 10.1. The highest BCUT2D eigenvalue weighted by molar-refractivity contribution is 6.30. The van der Waals surface area contributed by atoms with Gasteiger partial charge in [-0.25, -0.2) is 0 Å². The third-order valence-electron chi connectivity index (χ3n) is 4.76. The van der Waals surface area contributed by atoms with Gasteiger partial charge in [-0.3, -0.25) is 9.59 Å². The zero-order valence-corrected chi connectivity index (χ0v) is 16.4. The minimum atomic E-state index is -0.330. The van der Waals surface area contributed by atoms with Gasteiger partial charge in [0.1, 0.15) is 5.58 Å². The minimum absolute atomic E-state index is 0.00158. The lowest BCUT2D eigenvalue weighted by Gasteiger charge is -2.13. The van der Waals surface area contributed by atoms with Gasteiger partial charge in [-0.15, -0.1) is 0 Å². The number of rotatable bonds is 6. The van der Waals surface area contributed by atoms with Crippen LogP contribution in [0.15, 0.2) is 57.7 Å². The van der Waals surface area contributed by atoms with Crippen molar-refractivity contribution in [1.29, 1.82) is 0 Å². The van der Waals surface area contributed by atoms with Crippen LogP contribution in [-0.4, -0.2) is 31.8 Å². The van der Waals surface area contributed by atoms with Gasteiger partial charge in [0.25, 0.3) is 5.91 Å². The van der Waals surface area contributed by atoms with Crippen LogP contribution in [0.3, 0.4) is 0 Å². The molecular formula is C22H20ClNO5. The maximum atomic E-state index is 13.0. The van der Waals surface area contributed by atoms with Gasteiger partial charge in [-0.2, -0.15) is 0 Å². The van der Waals surface area contributed by atoms with Crippen LogP contribution >= 0.6 is 11.6 Å². The first kappa shape index (κ1) is 19.5. The minimum Gasteiger partial charge on any atom is -0.476 e. The molecule has 3 aromatic rings. The zero-order chi connectivity index (χ0) is 20.2. The molecule has 1 aliphatic rings. The van der Waals surface area contributed by atoms with Gasteiger partial charge in [0.2, 0.25) is 11.2 Å². The molecular weight excluding hydrogens is 394 g/mol. The summed E-state index contributed by atoms with van der Waals surface area (Å²) in [5.74, 6) is -0.0642. The first-order valence-electron chi connectivity index (χ1n) is 9.44. The number of fused-ring (bicyclic) bond motifs is 1. The molecule has 7 heteroatoms. The molecule has 0 bridgehead atoms. The lowest BCUT2D eigenvalue weighted by molar-refractivity contribution is -0.123. The fourth-order valence-corrected chi connectivity index (χ4v) is 3.40. The molecule has 6 nitrogen and oxygen atoms in total. The second-order valence-corrected chi connectivity index (χ2v) is 7.26. The molecule has 1 atom stereocenters. The van der Waals surface area contributed by atoms with Gasteiger partial charge in [-0.1, -0.05) is 23.7 Å². The number of halogens is 1. The van der Waals surface area contributed by atoms with Crippen molar-refractivity contribution in [2.24, 2.45) is 0 Å². The highest BCUT2D eigenvalue weighted by atomic mass is 35.5. The summed E-state index contributed by atoms with van der Waals surface area (Å²) in [4.78, 5) is 25.2. The van der Waals surface area contributed by atoms with Crippen molar-refractivity contribution in [3.63, 3.8) is 0 Å². The second-order valence-electron chi connectivity index (χ2n) is 6.82. The zero-order valence-electron chi connectivity index (χ0n) is 15.7. The van der Waals surface area contributed by atoms with Crippen LogP contribution in [0.1, 0.15) is 12.8 Å². The number of carbonyl (C=O) groups is 1. The summed E-state index contributed by atoms with van der Waals surface area (Å²) < 4.78 is 17.1. The number of hydrogen-bond acceptors (Lipinski definition) is 5. The van der Waals surface area contributed by atoms with E-state index in [1.165, 1.54) is 0 Å². The van der Waals surface area contributed by atoms with Gasteiger partial charge in [0.05, 0.1) is 11.5 Å². The molecule has 1 fully saturated rings. The topological polar surface area (TPSA) is 77.8 Å². The summed E-state index contributed by atoms with van der Waals surface area (Å²) in [7, 11) is 0. The van der Waals surface area contributed by atoms with Crippen LogP contribution in [0.25, 0.3) is 22.3 Å². The Bertz CT molecular complexity index is 1070. The second kappa shape index (κ2) is 8.68. The lowest BCUT2D eigenvalue weighted by Crippen LogP contribution is -2.35. The van der Waals surface area contributed by atoms with E-state index in [9.17, 15) is 9.59 Å². The molecule has 2 aromatic carbocycles. The number of carbonyl (C=O) groups excluding carboxylic acids is 1. The molecule has 1 aromatic heterocycles. The van der Waals surface area contributed by atoms with E-state index in [-0.39, 0.29) is 35.6 Å². The van der Waals surface area contributed by atoms with E-state index in [2.05, 4.69) is 5.32 Å². The fraction of sp³-hybridized carbons (Fsp3) is 0.273. The van der Waals surface area contributed by atoms with E-state index in [4.69, 9.17) is 25.5 Å². The largest absolute Gasteiger partial charge is 0.476 e. The number of nitrogens with one attached hydrogen (secondary N) is 1. The molecule has 1 saturated heterocycles. The van der Waals surface area contributed by atoms with Crippen LogP contribution in [-0.2, 0) is 9.53 Å². The Balaban J connectivity index is 1.60. The van der Waals surface area contributed by atoms with Gasteiger partial charge < -0.3 is 19.2 Å². The average molecular weight is 414 g/mol. The predicted molar refractivity (Wildman–Crippen MR) is 110 cm³/mol. The summed E-state index contributed by atoms with van der Waals surface area (Å²) in [6.07, 6.45) is 1.96. The van der Waals surface area contributed by atoms with E-state index in [0.29, 0.717) is 28.1 Å². The van der Waals surface area contributed by atoms with Crippen molar-refractivity contribution >= 4 is 28.5 Å². The third-order valence-corrected chi connectivity index (χ3v) is 5.01. The number of ether oxygens (including phenoxy) is 2. The SMILES string of the molecule is O=C(COc1c(-c2ccc(Cl)cc2)oc2ccccc2c1=O)NCC1CCCO1. The number of amides is 1. The Labute approximate surface area is 172 Å². The summed E-state index contributed by atoms with van der Waals surface area (Å²) in [5.41, 5.74) is 0.744. The Morgan fingerprint density at radius 3 is 2.72 bits per heavy atom. The van der Waals surface area contributed by atoms with Crippen LogP contribution < -0.4 is 15.5 Å². The Morgan fingerprint density at radius 1 is 1.17 bits per heavy atom. The predicted octanol–water partition coefficient (Wildman–Crippen LogP) is 3.79. The molecule has 0 saturated carbocycles. The van der Waals surface area contributed by atoms with Gasteiger partial charge >= 0.3 is 0 Å². The van der Waals surface area contributed by atoms with E-state index >= 15 is 0 Å². The molecule has 0 aliphatic carbocycles. The summed E-state index contributed by atoms with van der Waals surface area (Å²) in [5, 5.41) is 3.73. The molecule has 29 heavy (non-hydrogen) atoms. The molecule has 4 rings (SSSR count). The summed E-state index contributed by atoms with van der Waals surface area (Å²) >= 11 is 5.97. The van der Waals surface area contributed by atoms with E-state index in [1.807, 2.05) is 0 Å². The summed E-state index contributed by atoms with van der Waals surface area (Å²) in [6.45, 7) is 0.856. The van der Waals surface area contributed by atoms with Crippen molar-refractivity contribution in [2.75, 3.05) is 19.8 Å². The van der Waals surface area contributed by atoms with Crippen LogP contribution in [0.2, 0.25) is 5.02 Å². The van der Waals surface area contributed by atoms with Gasteiger partial charge in [0, 0.05) is 23.7 Å². The molecule has 1 unspecified atom stereocenters. The first-order valence-corrected chi connectivity index (χ1v) is 9.82. The maximum absolute atomic E-state index is 13.0. The molecule has 0 spiro atoms. The smallest absolute Gasteiger partial charge is 0.258 e. The number of hydrogen-bond donors (Lipinski definition) is 1. The number of benzene rings is 2. The fourth-order valence-electron chi connectivity index (χ4n) is 3.27. The monoisotopic (exact) mass is 413 g/mol. The molecule has 1 aliphatic heterocycles. The normalized spacial score (nSPS) is 16.1. The first-order chi connectivity index (χ1) is 14.1. The molecule has 1 N–H and O–H groups in total. The number of para-hydroxylation sites is 1. The molecule has 0 radical (unpaired) electrons.